The van der Waals surface area contributed by atoms with Crippen LogP contribution < -0.4 is 4.74 Å². The topological polar surface area (TPSA) is 32.8 Å². The molecule has 2 heterocycles. The van der Waals surface area contributed by atoms with Crippen LogP contribution in [0.3, 0.4) is 0 Å². The van der Waals surface area contributed by atoms with E-state index in [1.54, 1.807) is 0 Å². The molecule has 0 aliphatic carbocycles. The number of carbonyl (C=O) groups excluding carboxylic acids is 1. The third-order valence-electron chi connectivity index (χ3n) is 5.94. The molecule has 1 unspecified atom stereocenters. The van der Waals surface area contributed by atoms with E-state index in [1.165, 1.54) is 11.1 Å². The Balaban J connectivity index is 1.37. The van der Waals surface area contributed by atoms with E-state index in [4.69, 9.17) is 4.74 Å². The summed E-state index contributed by atoms with van der Waals surface area (Å²) in [5.74, 6) is 1.25. The van der Waals surface area contributed by atoms with Crippen LogP contribution in [0.25, 0.3) is 0 Å². The number of ether oxygens (including phenoxy) is 1. The third-order valence-corrected chi connectivity index (χ3v) is 5.94. The van der Waals surface area contributed by atoms with Gasteiger partial charge in [0.15, 0.2) is 0 Å². The van der Waals surface area contributed by atoms with E-state index >= 15 is 0 Å². The van der Waals surface area contributed by atoms with Crippen molar-refractivity contribution in [1.29, 1.82) is 0 Å². The van der Waals surface area contributed by atoms with Gasteiger partial charge in [0.1, 0.15) is 12.4 Å². The minimum Gasteiger partial charge on any atom is -0.489 e. The van der Waals surface area contributed by atoms with Gasteiger partial charge in [-0.1, -0.05) is 42.5 Å². The van der Waals surface area contributed by atoms with E-state index < -0.39 is 0 Å². The summed E-state index contributed by atoms with van der Waals surface area (Å²) < 4.78 is 5.96. The van der Waals surface area contributed by atoms with Crippen molar-refractivity contribution < 1.29 is 9.53 Å². The number of rotatable bonds is 5. The second-order valence-corrected chi connectivity index (χ2v) is 7.99. The average Bonchev–Trinajstić information content (AvgIpc) is 3.09. The quantitative estimate of drug-likeness (QED) is 0.811. The largest absolute Gasteiger partial charge is 0.489 e. The van der Waals surface area contributed by atoms with Crippen molar-refractivity contribution >= 4 is 5.91 Å². The van der Waals surface area contributed by atoms with E-state index in [-0.39, 0.29) is 5.41 Å². The molecule has 0 saturated carbocycles. The summed E-state index contributed by atoms with van der Waals surface area (Å²) in [6, 6.07) is 18.6. The number of amides is 1. The number of likely N-dealkylation sites (tertiary alicyclic amines) is 2. The Morgan fingerprint density at radius 1 is 1.00 bits per heavy atom. The molecule has 2 aliphatic rings. The molecule has 1 amide bonds. The Labute approximate surface area is 161 Å². The van der Waals surface area contributed by atoms with E-state index in [0.717, 1.165) is 51.2 Å². The van der Waals surface area contributed by atoms with Gasteiger partial charge in [-0.25, -0.2) is 0 Å². The first kappa shape index (κ1) is 18.1. The number of nitrogens with zero attached hydrogens (tertiary/aromatic N) is 2. The molecule has 1 atom stereocenters. The fourth-order valence-corrected chi connectivity index (χ4v) is 4.47. The monoisotopic (exact) mass is 364 g/mol. The Kier molecular flexibility index (Phi) is 5.17. The molecular formula is C23H28N2O2. The standard InChI is InChI=1S/C23H28N2O2/c1-24-13-6-11-23(22(24)26)12-14-25(18-23)16-20-9-5-10-21(15-20)27-17-19-7-3-2-4-8-19/h2-5,7-10,15H,6,11-14,16-18H2,1H3. The molecule has 4 heteroatoms. The van der Waals surface area contributed by atoms with Gasteiger partial charge in [0.05, 0.1) is 5.41 Å². The first-order chi connectivity index (χ1) is 13.1. The summed E-state index contributed by atoms with van der Waals surface area (Å²) >= 11 is 0. The molecule has 142 valence electrons. The van der Waals surface area contributed by atoms with Crippen LogP contribution in [0.15, 0.2) is 54.6 Å². The molecule has 0 bridgehead atoms. The van der Waals surface area contributed by atoms with E-state index in [2.05, 4.69) is 35.2 Å². The molecule has 2 aromatic carbocycles. The van der Waals surface area contributed by atoms with Crippen molar-refractivity contribution in [2.75, 3.05) is 26.7 Å². The van der Waals surface area contributed by atoms with Crippen molar-refractivity contribution in [1.82, 2.24) is 9.80 Å². The second-order valence-electron chi connectivity index (χ2n) is 7.99. The molecule has 27 heavy (non-hydrogen) atoms. The number of benzene rings is 2. The normalized spacial score (nSPS) is 23.1. The molecule has 4 nitrogen and oxygen atoms in total. The SMILES string of the molecule is CN1CCCC2(CCN(Cc3cccc(OCc4ccccc4)c3)C2)C1=O. The summed E-state index contributed by atoms with van der Waals surface area (Å²) in [6.07, 6.45) is 3.15. The van der Waals surface area contributed by atoms with Gasteiger partial charge in [-0.15, -0.1) is 0 Å². The lowest BCUT2D eigenvalue weighted by atomic mass is 9.78. The van der Waals surface area contributed by atoms with Gasteiger partial charge in [0, 0.05) is 26.7 Å². The predicted octanol–water partition coefficient (Wildman–Crippen LogP) is 3.71. The van der Waals surface area contributed by atoms with Crippen molar-refractivity contribution in [2.45, 2.75) is 32.4 Å². The van der Waals surface area contributed by atoms with Gasteiger partial charge < -0.3 is 9.64 Å². The molecule has 2 aromatic rings. The lowest BCUT2D eigenvalue weighted by Gasteiger charge is -2.37. The van der Waals surface area contributed by atoms with Crippen LogP contribution in [0, 0.1) is 5.41 Å². The van der Waals surface area contributed by atoms with Crippen molar-refractivity contribution in [3.63, 3.8) is 0 Å². The van der Waals surface area contributed by atoms with Gasteiger partial charge in [0.2, 0.25) is 5.91 Å². The minimum absolute atomic E-state index is 0.144. The van der Waals surface area contributed by atoms with Crippen LogP contribution in [0.4, 0.5) is 0 Å². The number of carbonyl (C=O) groups is 1. The molecule has 2 fully saturated rings. The molecule has 2 aliphatic heterocycles. The first-order valence-electron chi connectivity index (χ1n) is 9.88. The lowest BCUT2D eigenvalue weighted by Crippen LogP contribution is -2.48. The maximum Gasteiger partial charge on any atom is 0.229 e. The molecule has 0 radical (unpaired) electrons. The Morgan fingerprint density at radius 3 is 2.67 bits per heavy atom. The van der Waals surface area contributed by atoms with Crippen molar-refractivity contribution in [3.8, 4) is 5.75 Å². The smallest absolute Gasteiger partial charge is 0.229 e. The van der Waals surface area contributed by atoms with Gasteiger partial charge in [-0.05, 0) is 49.1 Å². The number of hydrogen-bond acceptors (Lipinski definition) is 3. The van der Waals surface area contributed by atoms with Gasteiger partial charge in [-0.3, -0.25) is 9.69 Å². The third kappa shape index (κ3) is 4.01. The zero-order valence-electron chi connectivity index (χ0n) is 16.1. The zero-order valence-corrected chi connectivity index (χ0v) is 16.1. The summed E-state index contributed by atoms with van der Waals surface area (Å²) in [4.78, 5) is 17.0. The van der Waals surface area contributed by atoms with Crippen molar-refractivity contribution in [2.24, 2.45) is 5.41 Å². The van der Waals surface area contributed by atoms with E-state index in [0.29, 0.717) is 12.5 Å². The van der Waals surface area contributed by atoms with Gasteiger partial charge >= 0.3 is 0 Å². The minimum atomic E-state index is -0.144. The summed E-state index contributed by atoms with van der Waals surface area (Å²) in [5, 5.41) is 0. The molecule has 4 rings (SSSR count). The molecule has 0 aromatic heterocycles. The van der Waals surface area contributed by atoms with Crippen LogP contribution in [0.1, 0.15) is 30.4 Å². The molecule has 2 saturated heterocycles. The fourth-order valence-electron chi connectivity index (χ4n) is 4.47. The Bertz CT molecular complexity index is 792. The zero-order chi connectivity index (χ0) is 18.7. The highest BCUT2D eigenvalue weighted by atomic mass is 16.5. The van der Waals surface area contributed by atoms with E-state index in [9.17, 15) is 4.79 Å². The first-order valence-corrected chi connectivity index (χ1v) is 9.88. The highest BCUT2D eigenvalue weighted by molar-refractivity contribution is 5.83. The highest BCUT2D eigenvalue weighted by Crippen LogP contribution is 2.40. The lowest BCUT2D eigenvalue weighted by molar-refractivity contribution is -0.143. The van der Waals surface area contributed by atoms with Gasteiger partial charge in [-0.2, -0.15) is 0 Å². The van der Waals surface area contributed by atoms with Crippen LogP contribution in [-0.4, -0.2) is 42.4 Å². The highest BCUT2D eigenvalue weighted by Gasteiger charge is 2.47. The van der Waals surface area contributed by atoms with Crippen LogP contribution in [-0.2, 0) is 17.9 Å². The van der Waals surface area contributed by atoms with Crippen LogP contribution >= 0.6 is 0 Å². The fraction of sp³-hybridized carbons (Fsp3) is 0.435. The maximum absolute atomic E-state index is 12.7. The summed E-state index contributed by atoms with van der Waals surface area (Å²) in [6.45, 7) is 4.24. The molecule has 0 N–H and O–H groups in total. The summed E-state index contributed by atoms with van der Waals surface area (Å²) in [7, 11) is 1.94. The van der Waals surface area contributed by atoms with E-state index in [1.807, 2.05) is 36.2 Å². The molecular weight excluding hydrogens is 336 g/mol. The van der Waals surface area contributed by atoms with Crippen molar-refractivity contribution in [3.05, 3.63) is 65.7 Å². The number of piperidine rings is 1. The average molecular weight is 364 g/mol. The van der Waals surface area contributed by atoms with Crippen LogP contribution in [0.2, 0.25) is 0 Å². The maximum atomic E-state index is 12.7. The predicted molar refractivity (Wildman–Crippen MR) is 106 cm³/mol. The second kappa shape index (κ2) is 7.73. The Hall–Kier alpha value is -2.33. The Morgan fingerprint density at radius 2 is 1.81 bits per heavy atom. The van der Waals surface area contributed by atoms with Gasteiger partial charge in [0.25, 0.3) is 0 Å². The van der Waals surface area contributed by atoms with Crippen LogP contribution in [0.5, 0.6) is 5.75 Å². The molecule has 1 spiro atoms. The summed E-state index contributed by atoms with van der Waals surface area (Å²) in [5.41, 5.74) is 2.27. The number of hydrogen-bond donors (Lipinski definition) is 0.